The maximum Gasteiger partial charge on any atom is 0.261 e. The number of hydrogen-bond donors (Lipinski definition) is 1. The molecule has 0 aromatic rings. The van der Waals surface area contributed by atoms with Gasteiger partial charge in [0.05, 0.1) is 0 Å². The highest BCUT2D eigenvalue weighted by atomic mass is 32.2. The molecular weight excluding hydrogens is 254 g/mol. The number of hydrogen-bond acceptors (Lipinski definition) is 5. The minimum Gasteiger partial charge on any atom is -0.350 e. The fourth-order valence-corrected chi connectivity index (χ4v) is 4.66. The van der Waals surface area contributed by atoms with Crippen molar-refractivity contribution in [2.45, 2.75) is 29.0 Å². The van der Waals surface area contributed by atoms with Crippen molar-refractivity contribution in [3.63, 3.8) is 0 Å². The summed E-state index contributed by atoms with van der Waals surface area (Å²) in [7, 11) is 4.07. The van der Waals surface area contributed by atoms with E-state index in [1.54, 1.807) is 0 Å². The Balaban J connectivity index is 1.97. The number of rotatable bonds is 3. The Morgan fingerprint density at radius 3 is 2.41 bits per heavy atom. The molecule has 0 atom stereocenters. The third-order valence-electron chi connectivity index (χ3n) is 3.05. The van der Waals surface area contributed by atoms with Crippen LogP contribution in [0.4, 0.5) is 0 Å². The molecule has 1 N–H and O–H groups in total. The zero-order valence-corrected chi connectivity index (χ0v) is 11.7. The maximum atomic E-state index is 12.1. The van der Waals surface area contributed by atoms with Gasteiger partial charge in [-0.05, 0) is 26.9 Å². The number of nitriles is 1. The number of nitrogens with one attached hydrogen (secondary N) is 1. The van der Waals surface area contributed by atoms with Crippen molar-refractivity contribution in [2.75, 3.05) is 25.6 Å². The van der Waals surface area contributed by atoms with Gasteiger partial charge in [-0.3, -0.25) is 4.79 Å². The number of thioether (sulfide) groups is 2. The molecule has 1 aliphatic carbocycles. The monoisotopic (exact) mass is 271 g/mol. The van der Waals surface area contributed by atoms with Gasteiger partial charge in [-0.15, -0.1) is 23.5 Å². The third-order valence-corrected chi connectivity index (χ3v) is 6.22. The fraction of sp³-hybridized carbons (Fsp3) is 0.818. The number of carbonyl (C=O) groups is 1. The Morgan fingerprint density at radius 2 is 2.00 bits per heavy atom. The second kappa shape index (κ2) is 5.09. The van der Waals surface area contributed by atoms with Gasteiger partial charge < -0.3 is 10.2 Å². The normalized spacial score (nSPS) is 33.2. The molecule has 0 spiro atoms. The SMILES string of the molecule is CN(C)C1CSC(C#N)(C(=O)NC2CC2)SC1. The zero-order chi connectivity index (χ0) is 12.5. The van der Waals surface area contributed by atoms with Crippen molar-refractivity contribution in [1.29, 1.82) is 5.26 Å². The predicted molar refractivity (Wildman–Crippen MR) is 71.9 cm³/mol. The summed E-state index contributed by atoms with van der Waals surface area (Å²) in [6.07, 6.45) is 2.12. The average molecular weight is 271 g/mol. The molecule has 0 bridgehead atoms. The molecule has 1 heterocycles. The van der Waals surface area contributed by atoms with E-state index in [9.17, 15) is 10.1 Å². The third kappa shape index (κ3) is 2.90. The van der Waals surface area contributed by atoms with Crippen LogP contribution in [0.2, 0.25) is 0 Å². The van der Waals surface area contributed by atoms with Crippen LogP contribution in [0.15, 0.2) is 0 Å². The Hall–Kier alpha value is -0.380. The molecule has 17 heavy (non-hydrogen) atoms. The Kier molecular flexibility index (Phi) is 3.91. The van der Waals surface area contributed by atoms with E-state index in [1.165, 1.54) is 23.5 Å². The zero-order valence-electron chi connectivity index (χ0n) is 10.1. The van der Waals surface area contributed by atoms with Gasteiger partial charge in [0.25, 0.3) is 5.91 Å². The molecule has 0 unspecified atom stereocenters. The topological polar surface area (TPSA) is 56.1 Å². The summed E-state index contributed by atoms with van der Waals surface area (Å²) >= 11 is 2.95. The molecule has 1 amide bonds. The number of carbonyl (C=O) groups excluding carboxylic acids is 1. The average Bonchev–Trinajstić information content (AvgIpc) is 3.12. The van der Waals surface area contributed by atoms with E-state index in [-0.39, 0.29) is 5.91 Å². The second-order valence-electron chi connectivity index (χ2n) is 4.72. The highest BCUT2D eigenvalue weighted by molar-refractivity contribution is 8.20. The van der Waals surface area contributed by atoms with E-state index in [0.29, 0.717) is 12.1 Å². The molecule has 1 aliphatic heterocycles. The van der Waals surface area contributed by atoms with E-state index in [2.05, 4.69) is 16.3 Å². The van der Waals surface area contributed by atoms with Gasteiger partial charge in [-0.2, -0.15) is 5.26 Å². The first-order chi connectivity index (χ1) is 8.07. The number of nitrogens with zero attached hydrogens (tertiary/aromatic N) is 2. The first-order valence-corrected chi connectivity index (χ1v) is 7.71. The Morgan fingerprint density at radius 1 is 1.41 bits per heavy atom. The van der Waals surface area contributed by atoms with Crippen LogP contribution in [0.5, 0.6) is 0 Å². The van der Waals surface area contributed by atoms with Gasteiger partial charge in [0.1, 0.15) is 6.07 Å². The van der Waals surface area contributed by atoms with E-state index in [4.69, 9.17) is 0 Å². The van der Waals surface area contributed by atoms with Crippen LogP contribution in [-0.4, -0.2) is 52.6 Å². The highest BCUT2D eigenvalue weighted by Gasteiger charge is 2.46. The summed E-state index contributed by atoms with van der Waals surface area (Å²) in [5.41, 5.74) is 0. The highest BCUT2D eigenvalue weighted by Crippen LogP contribution is 2.43. The Labute approximate surface area is 110 Å². The van der Waals surface area contributed by atoms with Crippen LogP contribution >= 0.6 is 23.5 Å². The van der Waals surface area contributed by atoms with Crippen molar-refractivity contribution in [3.8, 4) is 6.07 Å². The Bertz CT molecular complexity index is 341. The molecule has 6 heteroatoms. The first-order valence-electron chi connectivity index (χ1n) is 5.74. The standard InChI is InChI=1S/C11H17N3OS2/c1-14(2)9-5-16-11(7-12,17-6-9)10(15)13-8-3-4-8/h8-9H,3-6H2,1-2H3,(H,13,15). The molecule has 94 valence electrons. The summed E-state index contributed by atoms with van der Waals surface area (Å²) in [5.74, 6) is 1.58. The van der Waals surface area contributed by atoms with Crippen LogP contribution in [-0.2, 0) is 4.79 Å². The molecule has 1 saturated carbocycles. The van der Waals surface area contributed by atoms with Crippen LogP contribution < -0.4 is 5.32 Å². The van der Waals surface area contributed by atoms with Gasteiger partial charge in [-0.1, -0.05) is 0 Å². The van der Waals surface area contributed by atoms with Crippen LogP contribution in [0, 0.1) is 11.3 Å². The second-order valence-corrected chi connectivity index (χ2v) is 7.44. The van der Waals surface area contributed by atoms with E-state index in [0.717, 1.165) is 24.3 Å². The fourth-order valence-electron chi connectivity index (χ4n) is 1.57. The lowest BCUT2D eigenvalue weighted by atomic mass is 10.3. The van der Waals surface area contributed by atoms with Crippen molar-refractivity contribution in [3.05, 3.63) is 0 Å². The molecule has 2 aliphatic rings. The molecule has 4 nitrogen and oxygen atoms in total. The van der Waals surface area contributed by atoms with Gasteiger partial charge >= 0.3 is 0 Å². The summed E-state index contributed by atoms with van der Waals surface area (Å²) in [6, 6.07) is 2.97. The van der Waals surface area contributed by atoms with Gasteiger partial charge in [-0.25, -0.2) is 0 Å². The van der Waals surface area contributed by atoms with E-state index in [1.807, 2.05) is 14.1 Å². The summed E-state index contributed by atoms with van der Waals surface area (Å²) < 4.78 is -0.922. The molecule has 0 aromatic carbocycles. The quantitative estimate of drug-likeness (QED) is 0.826. The largest absolute Gasteiger partial charge is 0.350 e. The molecular formula is C11H17N3OS2. The molecule has 0 aromatic heterocycles. The van der Waals surface area contributed by atoms with Gasteiger partial charge in [0.15, 0.2) is 0 Å². The van der Waals surface area contributed by atoms with Crippen LogP contribution in [0.25, 0.3) is 0 Å². The number of amides is 1. The molecule has 0 radical (unpaired) electrons. The first kappa shape index (κ1) is 13.1. The maximum absolute atomic E-state index is 12.1. The summed E-state index contributed by atoms with van der Waals surface area (Å²) in [6.45, 7) is 0. The summed E-state index contributed by atoms with van der Waals surface area (Å²) in [5, 5.41) is 12.2. The lowest BCUT2D eigenvalue weighted by Gasteiger charge is -2.35. The van der Waals surface area contributed by atoms with E-state index < -0.39 is 4.08 Å². The van der Waals surface area contributed by atoms with Crippen LogP contribution in [0.1, 0.15) is 12.8 Å². The van der Waals surface area contributed by atoms with Crippen molar-refractivity contribution >= 4 is 29.4 Å². The summed E-state index contributed by atoms with van der Waals surface area (Å²) in [4.78, 5) is 14.2. The lowest BCUT2D eigenvalue weighted by Crippen LogP contribution is -2.48. The van der Waals surface area contributed by atoms with E-state index >= 15 is 0 Å². The van der Waals surface area contributed by atoms with Crippen molar-refractivity contribution in [2.24, 2.45) is 0 Å². The smallest absolute Gasteiger partial charge is 0.261 e. The lowest BCUT2D eigenvalue weighted by molar-refractivity contribution is -0.120. The minimum absolute atomic E-state index is 0.102. The predicted octanol–water partition coefficient (Wildman–Crippen LogP) is 0.895. The van der Waals surface area contributed by atoms with Crippen molar-refractivity contribution < 1.29 is 4.79 Å². The van der Waals surface area contributed by atoms with Crippen LogP contribution in [0.3, 0.4) is 0 Å². The molecule has 1 saturated heterocycles. The minimum atomic E-state index is -0.922. The van der Waals surface area contributed by atoms with Gasteiger partial charge in [0.2, 0.25) is 4.08 Å². The van der Waals surface area contributed by atoms with Gasteiger partial charge in [0, 0.05) is 23.6 Å². The van der Waals surface area contributed by atoms with Crippen molar-refractivity contribution in [1.82, 2.24) is 10.2 Å². The molecule has 2 fully saturated rings. The molecule has 2 rings (SSSR count).